The smallest absolute Gasteiger partial charge is 0.306 e. The summed E-state index contributed by atoms with van der Waals surface area (Å²) in [6.07, 6.45) is 0.847. The molecule has 0 fully saturated rings. The lowest BCUT2D eigenvalue weighted by Gasteiger charge is -2.02. The fourth-order valence-electron chi connectivity index (χ4n) is 1.20. The van der Waals surface area contributed by atoms with Gasteiger partial charge in [-0.25, -0.2) is 0 Å². The summed E-state index contributed by atoms with van der Waals surface area (Å²) >= 11 is 0. The lowest BCUT2D eigenvalue weighted by Crippen LogP contribution is -2.13. The van der Waals surface area contributed by atoms with Crippen LogP contribution in [-0.2, 0) is 16.0 Å². The normalized spacial score (nSPS) is 9.75. The molecule has 1 aromatic rings. The van der Waals surface area contributed by atoms with Gasteiger partial charge in [0.2, 0.25) is 6.54 Å². The van der Waals surface area contributed by atoms with Gasteiger partial charge in [-0.15, -0.1) is 0 Å². The Morgan fingerprint density at radius 2 is 2.00 bits per heavy atom. The van der Waals surface area contributed by atoms with Crippen molar-refractivity contribution in [1.82, 2.24) is 0 Å². The van der Waals surface area contributed by atoms with E-state index < -0.39 is 10.9 Å². The molecule has 86 valence electrons. The molecular formula is C11H13NO4. The number of nitro groups is 1. The van der Waals surface area contributed by atoms with E-state index in [1.54, 1.807) is 0 Å². The molecule has 0 aliphatic carbocycles. The highest BCUT2D eigenvalue weighted by Gasteiger charge is 2.05. The number of carbonyl (C=O) groups is 1. The monoisotopic (exact) mass is 223 g/mol. The van der Waals surface area contributed by atoms with Gasteiger partial charge in [-0.3, -0.25) is 14.9 Å². The van der Waals surface area contributed by atoms with Crippen LogP contribution in [-0.4, -0.2) is 24.0 Å². The van der Waals surface area contributed by atoms with Crippen LogP contribution in [0, 0.1) is 10.1 Å². The van der Waals surface area contributed by atoms with E-state index in [4.69, 9.17) is 4.74 Å². The largest absolute Gasteiger partial charge is 0.459 e. The van der Waals surface area contributed by atoms with E-state index >= 15 is 0 Å². The molecule has 0 aliphatic rings. The first kappa shape index (κ1) is 12.2. The minimum atomic E-state index is -0.509. The summed E-state index contributed by atoms with van der Waals surface area (Å²) in [4.78, 5) is 20.6. The molecule has 0 radical (unpaired) electrons. The van der Waals surface area contributed by atoms with Crippen molar-refractivity contribution in [3.8, 4) is 0 Å². The summed E-state index contributed by atoms with van der Waals surface area (Å²) < 4.78 is 4.69. The molecule has 0 unspecified atom stereocenters. The van der Waals surface area contributed by atoms with Crippen molar-refractivity contribution in [3.05, 3.63) is 46.0 Å². The zero-order valence-electron chi connectivity index (χ0n) is 8.80. The highest BCUT2D eigenvalue weighted by Crippen LogP contribution is 2.02. The molecule has 0 bridgehead atoms. The van der Waals surface area contributed by atoms with Gasteiger partial charge in [0.1, 0.15) is 0 Å². The SMILES string of the molecule is O=C(CCc1ccccc1)OCC[N+](=O)[O-]. The third kappa shape index (κ3) is 5.09. The zero-order valence-corrected chi connectivity index (χ0v) is 8.80. The minimum absolute atomic E-state index is 0.152. The Morgan fingerprint density at radius 3 is 2.62 bits per heavy atom. The molecule has 5 heteroatoms. The Hall–Kier alpha value is -1.91. The third-order valence-corrected chi connectivity index (χ3v) is 2.00. The van der Waals surface area contributed by atoms with E-state index in [0.717, 1.165) is 5.56 Å². The van der Waals surface area contributed by atoms with Gasteiger partial charge in [0.25, 0.3) is 0 Å². The van der Waals surface area contributed by atoms with Crippen LogP contribution in [0.3, 0.4) is 0 Å². The van der Waals surface area contributed by atoms with Crippen molar-refractivity contribution in [2.24, 2.45) is 0 Å². The van der Waals surface area contributed by atoms with Crippen LogP contribution in [0.4, 0.5) is 0 Å². The van der Waals surface area contributed by atoms with Gasteiger partial charge in [-0.2, -0.15) is 0 Å². The molecule has 0 aromatic heterocycles. The molecular weight excluding hydrogens is 210 g/mol. The van der Waals surface area contributed by atoms with E-state index in [2.05, 4.69) is 0 Å². The summed E-state index contributed by atoms with van der Waals surface area (Å²) in [5, 5.41) is 9.97. The summed E-state index contributed by atoms with van der Waals surface area (Å²) in [7, 11) is 0. The van der Waals surface area contributed by atoms with Gasteiger partial charge in [-0.1, -0.05) is 30.3 Å². The van der Waals surface area contributed by atoms with Gasteiger partial charge in [0.05, 0.1) is 0 Å². The van der Waals surface area contributed by atoms with E-state index in [0.29, 0.717) is 6.42 Å². The maximum Gasteiger partial charge on any atom is 0.306 e. The number of benzene rings is 1. The number of hydrogen-bond acceptors (Lipinski definition) is 4. The molecule has 1 rings (SSSR count). The number of aryl methyl sites for hydroxylation is 1. The maximum atomic E-state index is 11.2. The minimum Gasteiger partial charge on any atom is -0.459 e. The molecule has 0 spiro atoms. The van der Waals surface area contributed by atoms with E-state index in [1.165, 1.54) is 0 Å². The predicted molar refractivity (Wildman–Crippen MR) is 57.6 cm³/mol. The van der Waals surface area contributed by atoms with Crippen molar-refractivity contribution in [3.63, 3.8) is 0 Å². The van der Waals surface area contributed by atoms with Crippen LogP contribution >= 0.6 is 0 Å². The van der Waals surface area contributed by atoms with Gasteiger partial charge in [0, 0.05) is 11.3 Å². The zero-order chi connectivity index (χ0) is 11.8. The number of carbonyl (C=O) groups excluding carboxylic acids is 1. The van der Waals surface area contributed by atoms with E-state index in [-0.39, 0.29) is 19.6 Å². The highest BCUT2D eigenvalue weighted by atomic mass is 16.6. The standard InChI is InChI=1S/C11H13NO4/c13-11(16-9-8-12(14)15)7-6-10-4-2-1-3-5-10/h1-5H,6-9H2. The molecule has 0 N–H and O–H groups in total. The lowest BCUT2D eigenvalue weighted by atomic mass is 10.1. The Morgan fingerprint density at radius 1 is 1.31 bits per heavy atom. The Balaban J connectivity index is 2.18. The van der Waals surface area contributed by atoms with Gasteiger partial charge < -0.3 is 4.74 Å². The topological polar surface area (TPSA) is 69.4 Å². The Labute approximate surface area is 93.2 Å². The lowest BCUT2D eigenvalue weighted by molar-refractivity contribution is -0.482. The highest BCUT2D eigenvalue weighted by molar-refractivity contribution is 5.69. The third-order valence-electron chi connectivity index (χ3n) is 2.00. The molecule has 0 heterocycles. The summed E-state index contributed by atoms with van der Waals surface area (Å²) in [6.45, 7) is -0.488. The fourth-order valence-corrected chi connectivity index (χ4v) is 1.20. The molecule has 0 aliphatic heterocycles. The van der Waals surface area contributed by atoms with E-state index in [1.807, 2.05) is 30.3 Å². The summed E-state index contributed by atoms with van der Waals surface area (Å²) in [5.74, 6) is -0.397. The molecule has 0 saturated heterocycles. The van der Waals surface area contributed by atoms with Crippen LogP contribution in [0.15, 0.2) is 30.3 Å². The first-order valence-electron chi connectivity index (χ1n) is 5.00. The maximum absolute atomic E-state index is 11.2. The van der Waals surface area contributed by atoms with Gasteiger partial charge in [-0.05, 0) is 12.0 Å². The Bertz CT molecular complexity index is 350. The molecule has 5 nitrogen and oxygen atoms in total. The first-order valence-corrected chi connectivity index (χ1v) is 5.00. The van der Waals surface area contributed by atoms with Crippen LogP contribution < -0.4 is 0 Å². The molecule has 1 aromatic carbocycles. The molecule has 0 atom stereocenters. The van der Waals surface area contributed by atoms with Crippen molar-refractivity contribution in [2.45, 2.75) is 12.8 Å². The number of esters is 1. The summed E-state index contributed by atoms with van der Waals surface area (Å²) in [5.41, 5.74) is 1.05. The Kier molecular flexibility index (Phi) is 4.98. The van der Waals surface area contributed by atoms with Crippen molar-refractivity contribution < 1.29 is 14.5 Å². The molecule has 0 amide bonds. The average molecular weight is 223 g/mol. The van der Waals surface area contributed by atoms with Crippen molar-refractivity contribution in [2.75, 3.05) is 13.2 Å². The van der Waals surface area contributed by atoms with Gasteiger partial charge >= 0.3 is 5.97 Å². The predicted octanol–water partition coefficient (Wildman–Crippen LogP) is 1.44. The second-order valence-corrected chi connectivity index (χ2v) is 3.26. The second-order valence-electron chi connectivity index (χ2n) is 3.26. The quantitative estimate of drug-likeness (QED) is 0.415. The van der Waals surface area contributed by atoms with Crippen LogP contribution in [0.1, 0.15) is 12.0 Å². The number of nitrogens with zero attached hydrogens (tertiary/aromatic N) is 1. The number of hydrogen-bond donors (Lipinski definition) is 0. The molecule has 0 saturated carbocycles. The van der Waals surface area contributed by atoms with Crippen molar-refractivity contribution >= 4 is 5.97 Å². The van der Waals surface area contributed by atoms with E-state index in [9.17, 15) is 14.9 Å². The van der Waals surface area contributed by atoms with Crippen LogP contribution in [0.5, 0.6) is 0 Å². The first-order chi connectivity index (χ1) is 7.68. The molecule has 16 heavy (non-hydrogen) atoms. The number of ether oxygens (including phenoxy) is 1. The van der Waals surface area contributed by atoms with Crippen molar-refractivity contribution in [1.29, 1.82) is 0 Å². The second kappa shape index (κ2) is 6.55. The van der Waals surface area contributed by atoms with Gasteiger partial charge in [0.15, 0.2) is 6.61 Å². The van der Waals surface area contributed by atoms with Crippen LogP contribution in [0.2, 0.25) is 0 Å². The average Bonchev–Trinajstić information content (AvgIpc) is 2.27. The number of rotatable bonds is 6. The fraction of sp³-hybridized carbons (Fsp3) is 0.364. The van der Waals surface area contributed by atoms with Crippen LogP contribution in [0.25, 0.3) is 0 Å². The summed E-state index contributed by atoms with van der Waals surface area (Å²) in [6, 6.07) is 9.54.